The highest BCUT2D eigenvalue weighted by atomic mass is 16.2. The molecule has 3 heterocycles. The van der Waals surface area contributed by atoms with Crippen LogP contribution in [0.5, 0.6) is 0 Å². The molecule has 3 atom stereocenters. The first-order valence-electron chi connectivity index (χ1n) is 11.1. The smallest absolute Gasteiger partial charge is 0.255 e. The molecule has 3 aliphatic rings. The molecule has 0 bridgehead atoms. The second kappa shape index (κ2) is 7.53. The molecule has 1 saturated carbocycles. The largest absolute Gasteiger partial charge is 0.338 e. The molecule has 1 aromatic heterocycles. The van der Waals surface area contributed by atoms with Gasteiger partial charge in [0, 0.05) is 49.8 Å². The van der Waals surface area contributed by atoms with Gasteiger partial charge in [-0.15, -0.1) is 0 Å². The molecule has 2 amide bonds. The van der Waals surface area contributed by atoms with Crippen molar-refractivity contribution in [1.29, 1.82) is 0 Å². The van der Waals surface area contributed by atoms with Crippen molar-refractivity contribution >= 4 is 11.8 Å². The number of amides is 2. The fourth-order valence-corrected chi connectivity index (χ4v) is 5.50. The fraction of sp³-hybridized carbons (Fsp3) is 0.480. The van der Waals surface area contributed by atoms with E-state index in [2.05, 4.69) is 41.1 Å². The Morgan fingerprint density at radius 2 is 1.83 bits per heavy atom. The van der Waals surface area contributed by atoms with Gasteiger partial charge in [0.15, 0.2) is 0 Å². The third kappa shape index (κ3) is 3.21. The predicted molar refractivity (Wildman–Crippen MR) is 115 cm³/mol. The van der Waals surface area contributed by atoms with Gasteiger partial charge in [-0.1, -0.05) is 30.7 Å². The molecule has 5 nitrogen and oxygen atoms in total. The van der Waals surface area contributed by atoms with E-state index in [1.807, 2.05) is 17.9 Å². The average Bonchev–Trinajstić information content (AvgIpc) is 3.24. The van der Waals surface area contributed by atoms with Crippen LogP contribution in [0.25, 0.3) is 0 Å². The van der Waals surface area contributed by atoms with E-state index >= 15 is 0 Å². The lowest BCUT2D eigenvalue weighted by molar-refractivity contribution is -0.139. The molecule has 0 N–H and O–H groups in total. The number of carbonyl (C=O) groups excluding carboxylic acids is 2. The Morgan fingerprint density at radius 3 is 2.53 bits per heavy atom. The lowest BCUT2D eigenvalue weighted by atomic mass is 9.83. The highest BCUT2D eigenvalue weighted by Gasteiger charge is 2.51. The number of aromatic nitrogens is 1. The van der Waals surface area contributed by atoms with Crippen molar-refractivity contribution in [2.75, 3.05) is 19.6 Å². The molecule has 0 spiro atoms. The molecule has 5 rings (SSSR count). The summed E-state index contributed by atoms with van der Waals surface area (Å²) < 4.78 is 0. The van der Waals surface area contributed by atoms with Gasteiger partial charge in [0.1, 0.15) is 0 Å². The molecular formula is C25H29N3O2. The molecule has 2 saturated heterocycles. The van der Waals surface area contributed by atoms with Crippen LogP contribution in [0, 0.1) is 31.6 Å². The average molecular weight is 404 g/mol. The topological polar surface area (TPSA) is 53.5 Å². The van der Waals surface area contributed by atoms with Crippen LogP contribution in [-0.2, 0) is 4.79 Å². The minimum Gasteiger partial charge on any atom is -0.338 e. The zero-order valence-electron chi connectivity index (χ0n) is 17.8. The van der Waals surface area contributed by atoms with Crippen molar-refractivity contribution in [2.24, 2.45) is 17.8 Å². The number of aryl methyl sites for hydroxylation is 2. The van der Waals surface area contributed by atoms with Gasteiger partial charge in [-0.05, 0) is 49.4 Å². The number of pyridine rings is 1. The van der Waals surface area contributed by atoms with E-state index in [1.165, 1.54) is 17.5 Å². The molecule has 1 aromatic carbocycles. The molecule has 0 unspecified atom stereocenters. The van der Waals surface area contributed by atoms with Crippen molar-refractivity contribution in [3.8, 4) is 0 Å². The van der Waals surface area contributed by atoms with Gasteiger partial charge in [0.2, 0.25) is 5.91 Å². The van der Waals surface area contributed by atoms with E-state index in [0.29, 0.717) is 30.5 Å². The Balaban J connectivity index is 1.43. The van der Waals surface area contributed by atoms with Crippen LogP contribution < -0.4 is 0 Å². The molecule has 156 valence electrons. The maximum Gasteiger partial charge on any atom is 0.255 e. The minimum absolute atomic E-state index is 0.0565. The number of likely N-dealkylation sites (tertiary alicyclic amines) is 2. The van der Waals surface area contributed by atoms with Crippen LogP contribution in [0.3, 0.4) is 0 Å². The van der Waals surface area contributed by atoms with Gasteiger partial charge in [0.25, 0.3) is 5.91 Å². The van der Waals surface area contributed by atoms with Gasteiger partial charge in [-0.3, -0.25) is 14.6 Å². The molecule has 1 aliphatic carbocycles. The van der Waals surface area contributed by atoms with E-state index in [0.717, 1.165) is 24.9 Å². The molecule has 5 heteroatoms. The Hall–Kier alpha value is -2.69. The van der Waals surface area contributed by atoms with Gasteiger partial charge >= 0.3 is 0 Å². The maximum atomic E-state index is 13.3. The van der Waals surface area contributed by atoms with Gasteiger partial charge in [-0.25, -0.2) is 0 Å². The normalized spacial score (nSPS) is 25.9. The monoisotopic (exact) mass is 403 g/mol. The summed E-state index contributed by atoms with van der Waals surface area (Å²) in [6.45, 7) is 6.26. The van der Waals surface area contributed by atoms with Gasteiger partial charge < -0.3 is 9.80 Å². The summed E-state index contributed by atoms with van der Waals surface area (Å²) in [5, 5.41) is 0. The summed E-state index contributed by atoms with van der Waals surface area (Å²) in [6, 6.07) is 10.4. The molecule has 2 aromatic rings. The van der Waals surface area contributed by atoms with E-state index in [-0.39, 0.29) is 23.8 Å². The SMILES string of the molecule is Cc1cncc(C(=O)N2C[C@H]3CN(C(=O)C4CCC4)[C@H](c4ccccc4C)[C@H]3C2)c1. The second-order valence-electron chi connectivity index (χ2n) is 9.30. The van der Waals surface area contributed by atoms with E-state index in [9.17, 15) is 9.59 Å². The minimum atomic E-state index is 0.0565. The Morgan fingerprint density at radius 1 is 1.03 bits per heavy atom. The summed E-state index contributed by atoms with van der Waals surface area (Å²) in [5.41, 5.74) is 4.12. The first-order valence-corrected chi connectivity index (χ1v) is 11.1. The highest BCUT2D eigenvalue weighted by molar-refractivity contribution is 5.94. The van der Waals surface area contributed by atoms with Crippen molar-refractivity contribution in [2.45, 2.75) is 39.2 Å². The van der Waals surface area contributed by atoms with Crippen molar-refractivity contribution < 1.29 is 9.59 Å². The third-order valence-electron chi connectivity index (χ3n) is 7.32. The fourth-order valence-electron chi connectivity index (χ4n) is 5.50. The molecular weight excluding hydrogens is 374 g/mol. The number of carbonyl (C=O) groups is 2. The molecule has 3 fully saturated rings. The highest BCUT2D eigenvalue weighted by Crippen LogP contribution is 2.47. The van der Waals surface area contributed by atoms with Crippen LogP contribution in [0.2, 0.25) is 0 Å². The summed E-state index contributed by atoms with van der Waals surface area (Å²) in [4.78, 5) is 34.7. The van der Waals surface area contributed by atoms with Crippen molar-refractivity contribution in [3.63, 3.8) is 0 Å². The summed E-state index contributed by atoms with van der Waals surface area (Å²) in [5.74, 6) is 1.20. The third-order valence-corrected chi connectivity index (χ3v) is 7.32. The van der Waals surface area contributed by atoms with E-state index in [1.54, 1.807) is 12.4 Å². The van der Waals surface area contributed by atoms with Crippen molar-refractivity contribution in [3.05, 3.63) is 65.0 Å². The van der Waals surface area contributed by atoms with Gasteiger partial charge in [0.05, 0.1) is 11.6 Å². The first kappa shape index (κ1) is 19.3. The Labute approximate surface area is 178 Å². The van der Waals surface area contributed by atoms with E-state index < -0.39 is 0 Å². The predicted octanol–water partition coefficient (Wildman–Crippen LogP) is 3.77. The van der Waals surface area contributed by atoms with Gasteiger partial charge in [-0.2, -0.15) is 0 Å². The van der Waals surface area contributed by atoms with Crippen LogP contribution in [-0.4, -0.2) is 46.2 Å². The number of rotatable bonds is 3. The van der Waals surface area contributed by atoms with Crippen LogP contribution >= 0.6 is 0 Å². The second-order valence-corrected chi connectivity index (χ2v) is 9.30. The Bertz CT molecular complexity index is 984. The summed E-state index contributed by atoms with van der Waals surface area (Å²) >= 11 is 0. The summed E-state index contributed by atoms with van der Waals surface area (Å²) in [7, 11) is 0. The quantitative estimate of drug-likeness (QED) is 0.784. The van der Waals surface area contributed by atoms with E-state index in [4.69, 9.17) is 0 Å². The van der Waals surface area contributed by atoms with Crippen LogP contribution in [0.15, 0.2) is 42.7 Å². The Kier molecular flexibility index (Phi) is 4.84. The molecule has 0 radical (unpaired) electrons. The number of benzene rings is 1. The van der Waals surface area contributed by atoms with Crippen LogP contribution in [0.4, 0.5) is 0 Å². The summed E-state index contributed by atoms with van der Waals surface area (Å²) in [6.07, 6.45) is 6.65. The number of hydrogen-bond acceptors (Lipinski definition) is 3. The number of nitrogens with zero attached hydrogens (tertiary/aromatic N) is 3. The molecule has 2 aliphatic heterocycles. The standard InChI is InChI=1S/C25H29N3O2/c1-16-10-19(12-26-11-16)24(29)27-13-20-14-28(25(30)18-7-5-8-18)23(22(20)15-27)21-9-4-3-6-17(21)2/h3-4,6,9-12,18,20,22-23H,5,7-8,13-15H2,1-2H3/t20-,22-,23+/m0/s1. The lowest BCUT2D eigenvalue weighted by Gasteiger charge is -2.35. The maximum absolute atomic E-state index is 13.3. The lowest BCUT2D eigenvalue weighted by Crippen LogP contribution is -2.42. The molecule has 30 heavy (non-hydrogen) atoms. The van der Waals surface area contributed by atoms with Crippen molar-refractivity contribution in [1.82, 2.24) is 14.8 Å². The zero-order chi connectivity index (χ0) is 20.8. The van der Waals surface area contributed by atoms with Crippen LogP contribution in [0.1, 0.15) is 52.4 Å². The number of hydrogen-bond donors (Lipinski definition) is 0. The zero-order valence-corrected chi connectivity index (χ0v) is 17.8. The number of fused-ring (bicyclic) bond motifs is 1. The first-order chi connectivity index (χ1) is 14.5.